The predicted molar refractivity (Wildman–Crippen MR) is 41.1 cm³/mol. The number of hydrogen-bond donors (Lipinski definition) is 1. The molecule has 0 unspecified atom stereocenters. The Hall–Kier alpha value is -0.120. The first-order valence-electron chi connectivity index (χ1n) is 3.65. The molecule has 0 bridgehead atoms. The number of hydrogen-bond acceptors (Lipinski definition) is 3. The van der Waals surface area contributed by atoms with Gasteiger partial charge in [0, 0.05) is 26.2 Å². The summed E-state index contributed by atoms with van der Waals surface area (Å²) in [5.74, 6) is 0. The van der Waals surface area contributed by atoms with E-state index in [-0.39, 0.29) is 0 Å². The zero-order valence-corrected chi connectivity index (χ0v) is 6.92. The summed E-state index contributed by atoms with van der Waals surface area (Å²) >= 11 is 0. The Bertz CT molecular complexity index is 106. The molecule has 1 aliphatic heterocycles. The molecule has 1 N–H and O–H groups in total. The van der Waals surface area contributed by atoms with Crippen molar-refractivity contribution < 1.29 is 4.74 Å². The molecule has 0 aromatic rings. The Kier molecular flexibility index (Phi) is 2.65. The lowest BCUT2D eigenvalue weighted by atomic mass is 10.2. The molecule has 0 amide bonds. The average Bonchev–Trinajstić information content (AvgIpc) is 2.33. The first kappa shape index (κ1) is 7.98. The standard InChI is InChI=1S/C7H16N2O/c1-9(2)6-4-8-5-7(6)10-3/h6-8H,4-5H2,1-3H3/t6-,7+/m1/s1. The van der Waals surface area contributed by atoms with Crippen LogP contribution in [-0.4, -0.2) is 51.3 Å². The molecule has 1 rings (SSSR count). The number of nitrogens with one attached hydrogen (secondary N) is 1. The maximum absolute atomic E-state index is 5.28. The van der Waals surface area contributed by atoms with Gasteiger partial charge < -0.3 is 15.0 Å². The van der Waals surface area contributed by atoms with Crippen LogP contribution in [-0.2, 0) is 4.74 Å². The van der Waals surface area contributed by atoms with Gasteiger partial charge in [0.2, 0.25) is 0 Å². The molecule has 0 radical (unpaired) electrons. The van der Waals surface area contributed by atoms with Crippen LogP contribution in [0, 0.1) is 0 Å². The third kappa shape index (κ3) is 1.48. The van der Waals surface area contributed by atoms with Crippen LogP contribution >= 0.6 is 0 Å². The SMILES string of the molecule is CO[C@H]1CNC[C@H]1N(C)C. The fourth-order valence-electron chi connectivity index (χ4n) is 1.40. The van der Waals surface area contributed by atoms with Crippen molar-refractivity contribution in [3.05, 3.63) is 0 Å². The third-order valence-corrected chi connectivity index (χ3v) is 2.09. The molecule has 1 fully saturated rings. The zero-order valence-electron chi connectivity index (χ0n) is 6.92. The van der Waals surface area contributed by atoms with Gasteiger partial charge in [-0.05, 0) is 14.1 Å². The van der Waals surface area contributed by atoms with Gasteiger partial charge in [-0.15, -0.1) is 0 Å². The highest BCUT2D eigenvalue weighted by atomic mass is 16.5. The quantitative estimate of drug-likeness (QED) is 0.567. The second-order valence-electron chi connectivity index (χ2n) is 2.96. The minimum absolute atomic E-state index is 0.370. The van der Waals surface area contributed by atoms with Gasteiger partial charge in [0.05, 0.1) is 6.10 Å². The smallest absolute Gasteiger partial charge is 0.0862 e. The van der Waals surface area contributed by atoms with Gasteiger partial charge in [-0.1, -0.05) is 0 Å². The number of rotatable bonds is 2. The summed E-state index contributed by atoms with van der Waals surface area (Å²) in [5.41, 5.74) is 0. The Morgan fingerprint density at radius 1 is 1.40 bits per heavy atom. The summed E-state index contributed by atoms with van der Waals surface area (Å²) in [6, 6.07) is 0.546. The molecule has 1 saturated heterocycles. The number of methoxy groups -OCH3 is 1. The highest BCUT2D eigenvalue weighted by molar-refractivity contribution is 4.87. The largest absolute Gasteiger partial charge is 0.378 e. The van der Waals surface area contributed by atoms with Crippen molar-refractivity contribution in [2.24, 2.45) is 0 Å². The lowest BCUT2D eigenvalue weighted by Gasteiger charge is -2.23. The van der Waals surface area contributed by atoms with E-state index in [2.05, 4.69) is 24.3 Å². The summed E-state index contributed by atoms with van der Waals surface area (Å²) < 4.78 is 5.28. The number of ether oxygens (including phenoxy) is 1. The second-order valence-corrected chi connectivity index (χ2v) is 2.96. The van der Waals surface area contributed by atoms with Crippen LogP contribution in [0.2, 0.25) is 0 Å². The highest BCUT2D eigenvalue weighted by Gasteiger charge is 2.27. The monoisotopic (exact) mass is 144 g/mol. The van der Waals surface area contributed by atoms with E-state index in [1.165, 1.54) is 0 Å². The van der Waals surface area contributed by atoms with Gasteiger partial charge in [-0.3, -0.25) is 0 Å². The van der Waals surface area contributed by atoms with E-state index in [1.54, 1.807) is 7.11 Å². The van der Waals surface area contributed by atoms with Crippen molar-refractivity contribution in [1.29, 1.82) is 0 Å². The fraction of sp³-hybridized carbons (Fsp3) is 1.00. The van der Waals surface area contributed by atoms with Crippen LogP contribution < -0.4 is 5.32 Å². The molecule has 60 valence electrons. The van der Waals surface area contributed by atoms with Crippen molar-refractivity contribution in [2.45, 2.75) is 12.1 Å². The van der Waals surface area contributed by atoms with Crippen molar-refractivity contribution in [2.75, 3.05) is 34.3 Å². The summed E-state index contributed by atoms with van der Waals surface area (Å²) in [4.78, 5) is 2.20. The minimum atomic E-state index is 0.370. The Labute approximate surface area is 62.3 Å². The van der Waals surface area contributed by atoms with Crippen LogP contribution in [0.15, 0.2) is 0 Å². The Morgan fingerprint density at radius 3 is 2.50 bits per heavy atom. The van der Waals surface area contributed by atoms with Crippen LogP contribution in [0.4, 0.5) is 0 Å². The van der Waals surface area contributed by atoms with E-state index in [1.807, 2.05) is 0 Å². The molecular formula is C7H16N2O. The van der Waals surface area contributed by atoms with E-state index < -0.39 is 0 Å². The topological polar surface area (TPSA) is 24.5 Å². The minimum Gasteiger partial charge on any atom is -0.378 e. The summed E-state index contributed by atoms with van der Waals surface area (Å²) in [6.07, 6.45) is 0.370. The molecule has 1 aliphatic rings. The maximum Gasteiger partial charge on any atom is 0.0862 e. The molecule has 3 heteroatoms. The van der Waals surface area contributed by atoms with Gasteiger partial charge in [0.1, 0.15) is 0 Å². The summed E-state index contributed by atoms with van der Waals surface area (Å²) in [5, 5.41) is 3.29. The van der Waals surface area contributed by atoms with Gasteiger partial charge in [0.25, 0.3) is 0 Å². The normalized spacial score (nSPS) is 33.6. The summed E-state index contributed by atoms with van der Waals surface area (Å²) in [6.45, 7) is 2.03. The van der Waals surface area contributed by atoms with Crippen molar-refractivity contribution >= 4 is 0 Å². The summed E-state index contributed by atoms with van der Waals surface area (Å²) in [7, 11) is 5.95. The van der Waals surface area contributed by atoms with E-state index >= 15 is 0 Å². The van der Waals surface area contributed by atoms with Gasteiger partial charge in [0.15, 0.2) is 0 Å². The van der Waals surface area contributed by atoms with Gasteiger partial charge in [-0.25, -0.2) is 0 Å². The molecule has 0 aromatic carbocycles. The van der Waals surface area contributed by atoms with E-state index in [9.17, 15) is 0 Å². The van der Waals surface area contributed by atoms with Crippen molar-refractivity contribution in [3.8, 4) is 0 Å². The predicted octanol–water partition coefficient (Wildman–Crippen LogP) is -0.465. The van der Waals surface area contributed by atoms with Gasteiger partial charge in [-0.2, -0.15) is 0 Å². The molecule has 0 aromatic heterocycles. The van der Waals surface area contributed by atoms with Crippen molar-refractivity contribution in [3.63, 3.8) is 0 Å². The lowest BCUT2D eigenvalue weighted by molar-refractivity contribution is 0.0636. The highest BCUT2D eigenvalue weighted by Crippen LogP contribution is 2.07. The van der Waals surface area contributed by atoms with E-state index in [0.29, 0.717) is 12.1 Å². The molecule has 0 saturated carbocycles. The second kappa shape index (κ2) is 3.32. The molecule has 1 heterocycles. The molecule has 0 spiro atoms. The molecule has 3 nitrogen and oxygen atoms in total. The number of nitrogens with zero attached hydrogens (tertiary/aromatic N) is 1. The Balaban J connectivity index is 2.42. The van der Waals surface area contributed by atoms with Gasteiger partial charge >= 0.3 is 0 Å². The zero-order chi connectivity index (χ0) is 7.56. The van der Waals surface area contributed by atoms with E-state index in [0.717, 1.165) is 13.1 Å². The fourth-order valence-corrected chi connectivity index (χ4v) is 1.40. The van der Waals surface area contributed by atoms with Crippen LogP contribution in [0.3, 0.4) is 0 Å². The molecule has 10 heavy (non-hydrogen) atoms. The molecular weight excluding hydrogens is 128 g/mol. The Morgan fingerprint density at radius 2 is 2.10 bits per heavy atom. The maximum atomic E-state index is 5.28. The van der Waals surface area contributed by atoms with Crippen LogP contribution in [0.1, 0.15) is 0 Å². The third-order valence-electron chi connectivity index (χ3n) is 2.09. The lowest BCUT2D eigenvalue weighted by Crippen LogP contribution is -2.38. The van der Waals surface area contributed by atoms with E-state index in [4.69, 9.17) is 4.74 Å². The van der Waals surface area contributed by atoms with Crippen LogP contribution in [0.5, 0.6) is 0 Å². The molecule has 2 atom stereocenters. The number of likely N-dealkylation sites (N-methyl/N-ethyl adjacent to an activating group) is 1. The molecule has 0 aliphatic carbocycles. The first-order chi connectivity index (χ1) is 4.75. The average molecular weight is 144 g/mol. The first-order valence-corrected chi connectivity index (χ1v) is 3.65. The van der Waals surface area contributed by atoms with Crippen LogP contribution in [0.25, 0.3) is 0 Å². The van der Waals surface area contributed by atoms with Crippen molar-refractivity contribution in [1.82, 2.24) is 10.2 Å².